The molecular formula is C15H16N2O4. The third-order valence-electron chi connectivity index (χ3n) is 4.35. The van der Waals surface area contributed by atoms with E-state index in [2.05, 4.69) is 4.98 Å². The minimum absolute atomic E-state index is 0.0161. The fourth-order valence-corrected chi connectivity index (χ4v) is 3.47. The molecule has 2 N–H and O–H groups in total. The molecule has 2 aliphatic heterocycles. The van der Waals surface area contributed by atoms with E-state index in [4.69, 9.17) is 0 Å². The second-order valence-corrected chi connectivity index (χ2v) is 5.56. The van der Waals surface area contributed by atoms with Crippen LogP contribution in [0.1, 0.15) is 19.4 Å². The van der Waals surface area contributed by atoms with Gasteiger partial charge in [0.2, 0.25) is 5.91 Å². The molecule has 3 heterocycles. The summed E-state index contributed by atoms with van der Waals surface area (Å²) in [6.07, 6.45) is 2.43. The number of carboxylic acids is 1. The smallest absolute Gasteiger partial charge is 0.352 e. The molecule has 0 radical (unpaired) electrons. The van der Waals surface area contributed by atoms with E-state index in [1.54, 1.807) is 31.5 Å². The summed E-state index contributed by atoms with van der Waals surface area (Å²) in [6.45, 7) is 3.45. The Morgan fingerprint density at radius 1 is 1.48 bits per heavy atom. The third-order valence-corrected chi connectivity index (χ3v) is 4.35. The first-order chi connectivity index (χ1) is 9.95. The lowest BCUT2D eigenvalue weighted by atomic mass is 9.77. The van der Waals surface area contributed by atoms with Crippen molar-refractivity contribution in [2.45, 2.75) is 26.0 Å². The molecular weight excluding hydrogens is 272 g/mol. The monoisotopic (exact) mass is 288 g/mol. The highest BCUT2D eigenvalue weighted by atomic mass is 16.4. The minimum atomic E-state index is -1.12. The summed E-state index contributed by atoms with van der Waals surface area (Å²) >= 11 is 0. The van der Waals surface area contributed by atoms with Crippen molar-refractivity contribution in [2.75, 3.05) is 0 Å². The summed E-state index contributed by atoms with van der Waals surface area (Å²) in [5.74, 6) is -2.14. The number of carbonyl (C=O) groups excluding carboxylic acids is 1. The Hall–Kier alpha value is -2.21. The Balaban J connectivity index is 2.11. The van der Waals surface area contributed by atoms with Crippen molar-refractivity contribution < 1.29 is 19.8 Å². The van der Waals surface area contributed by atoms with E-state index in [9.17, 15) is 19.8 Å². The summed E-state index contributed by atoms with van der Waals surface area (Å²) in [4.78, 5) is 29.1. The van der Waals surface area contributed by atoms with Gasteiger partial charge in [-0.15, -0.1) is 0 Å². The van der Waals surface area contributed by atoms with Gasteiger partial charge in [0.25, 0.3) is 0 Å². The molecule has 0 unspecified atom stereocenters. The van der Waals surface area contributed by atoms with E-state index in [-0.39, 0.29) is 23.6 Å². The summed E-state index contributed by atoms with van der Waals surface area (Å²) < 4.78 is 0. The second kappa shape index (κ2) is 4.66. The Bertz CT molecular complexity index is 638. The Morgan fingerprint density at radius 2 is 2.19 bits per heavy atom. The lowest BCUT2D eigenvalue weighted by Crippen LogP contribution is -2.63. The highest BCUT2D eigenvalue weighted by Gasteiger charge is 2.59. The SMILES string of the molecule is C[C@@H]1C(c2cccnc2)=C(C(=O)O)N2C(=O)[C@H]([C@@H](C)O)[C@@H]12. The van der Waals surface area contributed by atoms with Crippen molar-refractivity contribution in [2.24, 2.45) is 11.8 Å². The van der Waals surface area contributed by atoms with Crippen LogP contribution in [0.15, 0.2) is 30.2 Å². The number of fused-ring (bicyclic) bond motifs is 1. The molecule has 1 amide bonds. The molecule has 6 heteroatoms. The summed E-state index contributed by atoms with van der Waals surface area (Å²) in [5, 5.41) is 19.3. The molecule has 4 atom stereocenters. The highest BCUT2D eigenvalue weighted by Crippen LogP contribution is 2.50. The van der Waals surface area contributed by atoms with Crippen LogP contribution in [0.3, 0.4) is 0 Å². The first-order valence-electron chi connectivity index (χ1n) is 6.84. The van der Waals surface area contributed by atoms with E-state index in [0.717, 1.165) is 0 Å². The first-order valence-corrected chi connectivity index (χ1v) is 6.84. The van der Waals surface area contributed by atoms with E-state index >= 15 is 0 Å². The Morgan fingerprint density at radius 3 is 2.71 bits per heavy atom. The number of carbonyl (C=O) groups is 2. The van der Waals surface area contributed by atoms with Gasteiger partial charge in [0.15, 0.2) is 0 Å². The number of aromatic nitrogens is 1. The number of aliphatic hydroxyl groups is 1. The number of nitrogens with zero attached hydrogens (tertiary/aromatic N) is 2. The fraction of sp³-hybridized carbons (Fsp3) is 0.400. The zero-order chi connectivity index (χ0) is 15.3. The molecule has 0 aromatic carbocycles. The van der Waals surface area contributed by atoms with E-state index in [1.807, 2.05) is 6.92 Å². The number of β-lactam (4-membered cyclic amide) rings is 1. The van der Waals surface area contributed by atoms with Gasteiger partial charge >= 0.3 is 5.97 Å². The van der Waals surface area contributed by atoms with Gasteiger partial charge in [0.1, 0.15) is 5.70 Å². The van der Waals surface area contributed by atoms with Crippen molar-refractivity contribution >= 4 is 17.4 Å². The molecule has 1 fully saturated rings. The zero-order valence-electron chi connectivity index (χ0n) is 11.7. The third kappa shape index (κ3) is 1.79. The fourth-order valence-electron chi connectivity index (χ4n) is 3.47. The van der Waals surface area contributed by atoms with Crippen LogP contribution in [0, 0.1) is 11.8 Å². The van der Waals surface area contributed by atoms with Gasteiger partial charge in [0, 0.05) is 18.3 Å². The van der Waals surface area contributed by atoms with Gasteiger partial charge in [-0.25, -0.2) is 4.79 Å². The van der Waals surface area contributed by atoms with Crippen molar-refractivity contribution in [3.8, 4) is 0 Å². The average Bonchev–Trinajstić information content (AvgIpc) is 2.69. The normalized spacial score (nSPS) is 29.2. The maximum atomic E-state index is 12.2. The standard InChI is InChI=1S/C15H16N2O4/c1-7-10(9-4-3-5-16-6-9)13(15(20)21)17-12(7)11(8(2)18)14(17)19/h3-8,11-12,18H,1-2H3,(H,20,21)/t7-,8-,11-,12-/m1/s1. The Labute approximate surface area is 121 Å². The topological polar surface area (TPSA) is 90.7 Å². The quantitative estimate of drug-likeness (QED) is 0.800. The van der Waals surface area contributed by atoms with Crippen LogP contribution in [-0.4, -0.2) is 44.1 Å². The molecule has 2 aliphatic rings. The van der Waals surface area contributed by atoms with Crippen molar-refractivity contribution in [1.29, 1.82) is 0 Å². The number of aliphatic hydroxyl groups excluding tert-OH is 1. The van der Waals surface area contributed by atoms with Gasteiger partial charge in [-0.2, -0.15) is 0 Å². The number of aliphatic carboxylic acids is 1. The Kier molecular flexibility index (Phi) is 3.06. The van der Waals surface area contributed by atoms with E-state index in [0.29, 0.717) is 11.1 Å². The lowest BCUT2D eigenvalue weighted by Gasteiger charge is -2.46. The molecule has 3 rings (SSSR count). The maximum absolute atomic E-state index is 12.2. The summed E-state index contributed by atoms with van der Waals surface area (Å²) in [5.41, 5.74) is 1.33. The van der Waals surface area contributed by atoms with Crippen LogP contribution in [0.4, 0.5) is 0 Å². The summed E-state index contributed by atoms with van der Waals surface area (Å²) in [7, 11) is 0. The van der Waals surface area contributed by atoms with Gasteiger partial charge in [-0.05, 0) is 24.1 Å². The van der Waals surface area contributed by atoms with Crippen molar-refractivity contribution in [3.63, 3.8) is 0 Å². The number of amides is 1. The number of hydrogen-bond acceptors (Lipinski definition) is 4. The predicted molar refractivity (Wildman–Crippen MR) is 73.8 cm³/mol. The van der Waals surface area contributed by atoms with Crippen LogP contribution >= 0.6 is 0 Å². The van der Waals surface area contributed by atoms with Gasteiger partial charge < -0.3 is 15.1 Å². The zero-order valence-corrected chi connectivity index (χ0v) is 11.7. The van der Waals surface area contributed by atoms with Gasteiger partial charge in [0.05, 0.1) is 18.1 Å². The number of pyridine rings is 1. The first kappa shape index (κ1) is 13.8. The average molecular weight is 288 g/mol. The number of carboxylic acid groups (broad SMARTS) is 1. The molecule has 1 aromatic rings. The number of rotatable bonds is 3. The predicted octanol–water partition coefficient (Wildman–Crippen LogP) is 0.735. The molecule has 0 spiro atoms. The van der Waals surface area contributed by atoms with Crippen LogP contribution in [-0.2, 0) is 9.59 Å². The van der Waals surface area contributed by atoms with E-state index < -0.39 is 18.0 Å². The van der Waals surface area contributed by atoms with Crippen LogP contribution < -0.4 is 0 Å². The van der Waals surface area contributed by atoms with Crippen molar-refractivity contribution in [3.05, 3.63) is 35.8 Å². The van der Waals surface area contributed by atoms with Crippen molar-refractivity contribution in [1.82, 2.24) is 9.88 Å². The molecule has 0 saturated carbocycles. The second-order valence-electron chi connectivity index (χ2n) is 5.56. The minimum Gasteiger partial charge on any atom is -0.477 e. The van der Waals surface area contributed by atoms with Crippen LogP contribution in [0.25, 0.3) is 5.57 Å². The largest absolute Gasteiger partial charge is 0.477 e. The molecule has 1 saturated heterocycles. The molecule has 6 nitrogen and oxygen atoms in total. The molecule has 0 aliphatic carbocycles. The molecule has 21 heavy (non-hydrogen) atoms. The van der Waals surface area contributed by atoms with Crippen LogP contribution in [0.2, 0.25) is 0 Å². The molecule has 110 valence electrons. The maximum Gasteiger partial charge on any atom is 0.352 e. The van der Waals surface area contributed by atoms with E-state index in [1.165, 1.54) is 4.90 Å². The molecule has 0 bridgehead atoms. The number of hydrogen-bond donors (Lipinski definition) is 2. The summed E-state index contributed by atoms with van der Waals surface area (Å²) in [6, 6.07) is 3.23. The van der Waals surface area contributed by atoms with Gasteiger partial charge in [-0.1, -0.05) is 13.0 Å². The lowest BCUT2D eigenvalue weighted by molar-refractivity contribution is -0.163. The van der Waals surface area contributed by atoms with Gasteiger partial charge in [-0.3, -0.25) is 9.78 Å². The highest BCUT2D eigenvalue weighted by molar-refractivity contribution is 6.06. The molecule has 1 aromatic heterocycles. The van der Waals surface area contributed by atoms with Crippen LogP contribution in [0.5, 0.6) is 0 Å².